The Labute approximate surface area is 117 Å². The van der Waals surface area contributed by atoms with Crippen LogP contribution in [0.2, 0.25) is 0 Å². The summed E-state index contributed by atoms with van der Waals surface area (Å²) < 4.78 is 0. The van der Waals surface area contributed by atoms with Crippen LogP contribution in [0, 0.1) is 0 Å². The summed E-state index contributed by atoms with van der Waals surface area (Å²) in [4.78, 5) is 26.4. The Kier molecular flexibility index (Phi) is 4.14. The zero-order valence-corrected chi connectivity index (χ0v) is 12.2. The predicted molar refractivity (Wildman–Crippen MR) is 77.8 cm³/mol. The first kappa shape index (κ1) is 13.9. The number of carbonyl (C=O) groups is 2. The Balaban J connectivity index is 2.25. The fourth-order valence-electron chi connectivity index (χ4n) is 1.82. The summed E-state index contributed by atoms with van der Waals surface area (Å²) in [6.45, 7) is 4.00. The first-order valence-electron chi connectivity index (χ1n) is 6.37. The fraction of sp³-hybridized carbons (Fsp3) is 0.429. The van der Waals surface area contributed by atoms with Gasteiger partial charge in [0.25, 0.3) is 5.91 Å². The molecule has 0 aromatic heterocycles. The lowest BCUT2D eigenvalue weighted by Gasteiger charge is -2.25. The maximum Gasteiger partial charge on any atom is 0.251 e. The number of hydrogen-bond donors (Lipinski definition) is 1. The van der Waals surface area contributed by atoms with Gasteiger partial charge in [0.15, 0.2) is 0 Å². The van der Waals surface area contributed by atoms with Gasteiger partial charge in [0.1, 0.15) is 0 Å². The summed E-state index contributed by atoms with van der Waals surface area (Å²) in [5.41, 5.74) is 1.42. The van der Waals surface area contributed by atoms with E-state index >= 15 is 0 Å². The molecule has 0 saturated carbocycles. The highest BCUT2D eigenvalue weighted by molar-refractivity contribution is 8.00. The largest absolute Gasteiger partial charge is 0.350 e. The second-order valence-electron chi connectivity index (χ2n) is 4.71. The van der Waals surface area contributed by atoms with E-state index in [0.717, 1.165) is 17.0 Å². The highest BCUT2D eigenvalue weighted by Crippen LogP contribution is 2.35. The van der Waals surface area contributed by atoms with Crippen molar-refractivity contribution in [3.63, 3.8) is 0 Å². The van der Waals surface area contributed by atoms with Crippen LogP contribution < -0.4 is 10.2 Å². The van der Waals surface area contributed by atoms with Crippen LogP contribution in [0.1, 0.15) is 30.6 Å². The Hall–Kier alpha value is -1.49. The van der Waals surface area contributed by atoms with E-state index in [4.69, 9.17) is 0 Å². The van der Waals surface area contributed by atoms with Gasteiger partial charge in [0.2, 0.25) is 5.91 Å². The van der Waals surface area contributed by atoms with Crippen molar-refractivity contribution in [2.45, 2.75) is 31.2 Å². The Morgan fingerprint density at radius 1 is 1.53 bits per heavy atom. The van der Waals surface area contributed by atoms with Crippen LogP contribution in [0.15, 0.2) is 23.1 Å². The van der Waals surface area contributed by atoms with Gasteiger partial charge in [-0.1, -0.05) is 6.92 Å². The van der Waals surface area contributed by atoms with Gasteiger partial charge in [-0.3, -0.25) is 9.59 Å². The van der Waals surface area contributed by atoms with Crippen LogP contribution in [0.5, 0.6) is 0 Å². The maximum absolute atomic E-state index is 12.1. The molecule has 5 heteroatoms. The standard InChI is InChI=1S/C14H18N2O2S/c1-4-9(2)15-14(18)10-5-6-12-11(7-10)16(3)13(17)8-19-12/h5-7,9H,4,8H2,1-3H3,(H,15,18)/t9-/m1/s1. The molecule has 1 N–H and O–H groups in total. The number of thioether (sulfide) groups is 1. The van der Waals surface area contributed by atoms with Gasteiger partial charge < -0.3 is 10.2 Å². The second-order valence-corrected chi connectivity index (χ2v) is 5.72. The molecule has 4 nitrogen and oxygen atoms in total. The number of nitrogens with one attached hydrogen (secondary N) is 1. The highest BCUT2D eigenvalue weighted by Gasteiger charge is 2.22. The number of amides is 2. The molecule has 19 heavy (non-hydrogen) atoms. The summed E-state index contributed by atoms with van der Waals surface area (Å²) in [6, 6.07) is 5.66. The Bertz CT molecular complexity index is 516. The first-order valence-corrected chi connectivity index (χ1v) is 7.35. The monoisotopic (exact) mass is 278 g/mol. The van der Waals surface area contributed by atoms with Crippen molar-refractivity contribution in [2.24, 2.45) is 0 Å². The van der Waals surface area contributed by atoms with Crippen LogP contribution in [-0.2, 0) is 4.79 Å². The minimum atomic E-state index is -0.0893. The van der Waals surface area contributed by atoms with E-state index in [1.165, 1.54) is 11.8 Å². The number of rotatable bonds is 3. The molecule has 0 radical (unpaired) electrons. The molecular formula is C14H18N2O2S. The van der Waals surface area contributed by atoms with Crippen LogP contribution in [0.3, 0.4) is 0 Å². The van der Waals surface area contributed by atoms with Gasteiger partial charge in [0, 0.05) is 23.5 Å². The summed E-state index contributed by atoms with van der Waals surface area (Å²) in [5.74, 6) is 0.438. The molecule has 0 fully saturated rings. The fourth-order valence-corrected chi connectivity index (χ4v) is 2.80. The minimum absolute atomic E-state index is 0.0667. The van der Waals surface area contributed by atoms with Crippen molar-refractivity contribution < 1.29 is 9.59 Å². The lowest BCUT2D eigenvalue weighted by Crippen LogP contribution is -2.33. The number of benzene rings is 1. The first-order chi connectivity index (χ1) is 9.02. The van der Waals surface area contributed by atoms with Crippen molar-refractivity contribution >= 4 is 29.3 Å². The van der Waals surface area contributed by atoms with Crippen molar-refractivity contribution in [1.29, 1.82) is 0 Å². The summed E-state index contributed by atoms with van der Waals surface area (Å²) in [6.07, 6.45) is 0.894. The van der Waals surface area contributed by atoms with Gasteiger partial charge in [-0.15, -0.1) is 11.8 Å². The van der Waals surface area contributed by atoms with Gasteiger partial charge in [0.05, 0.1) is 11.4 Å². The molecule has 1 aliphatic heterocycles. The SMILES string of the molecule is CC[C@@H](C)NC(=O)c1ccc2c(c1)N(C)C(=O)CS2. The zero-order chi connectivity index (χ0) is 14.0. The minimum Gasteiger partial charge on any atom is -0.350 e. The lowest BCUT2D eigenvalue weighted by molar-refractivity contribution is -0.116. The molecular weight excluding hydrogens is 260 g/mol. The van der Waals surface area contributed by atoms with Crippen LogP contribution >= 0.6 is 11.8 Å². The molecule has 2 amide bonds. The number of hydrogen-bond acceptors (Lipinski definition) is 3. The molecule has 0 saturated heterocycles. The van der Waals surface area contributed by atoms with E-state index in [9.17, 15) is 9.59 Å². The van der Waals surface area contributed by atoms with E-state index in [-0.39, 0.29) is 17.9 Å². The molecule has 0 aliphatic carbocycles. The van der Waals surface area contributed by atoms with Crippen LogP contribution in [0.4, 0.5) is 5.69 Å². The third-order valence-electron chi connectivity index (χ3n) is 3.30. The van der Waals surface area contributed by atoms with Gasteiger partial charge in [-0.2, -0.15) is 0 Å². The predicted octanol–water partition coefficient (Wildman–Crippen LogP) is 2.28. The molecule has 102 valence electrons. The average molecular weight is 278 g/mol. The number of nitrogens with zero attached hydrogens (tertiary/aromatic N) is 1. The molecule has 1 atom stereocenters. The summed E-state index contributed by atoms with van der Waals surface area (Å²) in [7, 11) is 1.75. The third-order valence-corrected chi connectivity index (χ3v) is 4.35. The summed E-state index contributed by atoms with van der Waals surface area (Å²) in [5, 5.41) is 2.93. The van der Waals surface area contributed by atoms with E-state index < -0.39 is 0 Å². The maximum atomic E-state index is 12.1. The Morgan fingerprint density at radius 3 is 2.95 bits per heavy atom. The van der Waals surface area contributed by atoms with E-state index in [1.807, 2.05) is 26.0 Å². The number of anilines is 1. The molecule has 1 aliphatic rings. The normalized spacial score (nSPS) is 15.9. The average Bonchev–Trinajstić information content (AvgIpc) is 2.42. The third kappa shape index (κ3) is 2.92. The van der Waals surface area contributed by atoms with E-state index in [0.29, 0.717) is 11.3 Å². The summed E-state index contributed by atoms with van der Waals surface area (Å²) >= 11 is 1.52. The van der Waals surface area contributed by atoms with Crippen LogP contribution in [0.25, 0.3) is 0 Å². The quantitative estimate of drug-likeness (QED) is 0.923. The van der Waals surface area contributed by atoms with Crippen molar-refractivity contribution in [3.8, 4) is 0 Å². The van der Waals surface area contributed by atoms with Crippen LogP contribution in [-0.4, -0.2) is 30.7 Å². The Morgan fingerprint density at radius 2 is 2.26 bits per heavy atom. The molecule has 0 spiro atoms. The van der Waals surface area contributed by atoms with Crippen molar-refractivity contribution in [1.82, 2.24) is 5.32 Å². The topological polar surface area (TPSA) is 49.4 Å². The number of carbonyl (C=O) groups excluding carboxylic acids is 2. The molecule has 1 heterocycles. The smallest absolute Gasteiger partial charge is 0.251 e. The number of fused-ring (bicyclic) bond motifs is 1. The van der Waals surface area contributed by atoms with Crippen molar-refractivity contribution in [3.05, 3.63) is 23.8 Å². The molecule has 2 rings (SSSR count). The van der Waals surface area contributed by atoms with Crippen molar-refractivity contribution in [2.75, 3.05) is 17.7 Å². The molecule has 0 unspecified atom stereocenters. The van der Waals surface area contributed by atoms with Gasteiger partial charge in [-0.05, 0) is 31.5 Å². The lowest BCUT2D eigenvalue weighted by atomic mass is 10.1. The zero-order valence-electron chi connectivity index (χ0n) is 11.4. The van der Waals surface area contributed by atoms with Gasteiger partial charge >= 0.3 is 0 Å². The molecule has 1 aromatic rings. The van der Waals surface area contributed by atoms with E-state index in [2.05, 4.69) is 5.32 Å². The molecule has 1 aromatic carbocycles. The molecule has 0 bridgehead atoms. The highest BCUT2D eigenvalue weighted by atomic mass is 32.2. The second kappa shape index (κ2) is 5.65. The van der Waals surface area contributed by atoms with E-state index in [1.54, 1.807) is 18.0 Å². The van der Waals surface area contributed by atoms with Gasteiger partial charge in [-0.25, -0.2) is 0 Å².